The molecule has 0 bridgehead atoms. The summed E-state index contributed by atoms with van der Waals surface area (Å²) in [6.07, 6.45) is 0. The van der Waals surface area contributed by atoms with Gasteiger partial charge in [-0.25, -0.2) is 13.1 Å². The van der Waals surface area contributed by atoms with Gasteiger partial charge in [0.25, 0.3) is 5.91 Å². The van der Waals surface area contributed by atoms with Crippen molar-refractivity contribution in [3.63, 3.8) is 0 Å². The Kier molecular flexibility index (Phi) is 7.56. The quantitative estimate of drug-likeness (QED) is 0.604. The van der Waals surface area contributed by atoms with E-state index in [1.54, 1.807) is 13.8 Å². The van der Waals surface area contributed by atoms with E-state index < -0.39 is 15.9 Å². The summed E-state index contributed by atoms with van der Waals surface area (Å²) in [5, 5.41) is 5.22. The first-order chi connectivity index (χ1) is 13.2. The molecule has 0 aliphatic carbocycles. The predicted molar refractivity (Wildman–Crippen MR) is 108 cm³/mol. The molecule has 0 unspecified atom stereocenters. The van der Waals surface area contributed by atoms with E-state index in [-0.39, 0.29) is 34.0 Å². The van der Waals surface area contributed by atoms with E-state index in [0.29, 0.717) is 6.54 Å². The molecule has 0 radical (unpaired) electrons. The lowest BCUT2D eigenvalue weighted by molar-refractivity contribution is -0.120. The lowest BCUT2D eigenvalue weighted by atomic mass is 10.2. The molecule has 2 rings (SSSR count). The maximum absolute atomic E-state index is 12.4. The third-order valence-corrected chi connectivity index (χ3v) is 5.61. The van der Waals surface area contributed by atoms with Gasteiger partial charge in [-0.05, 0) is 37.6 Å². The molecule has 28 heavy (non-hydrogen) atoms. The van der Waals surface area contributed by atoms with E-state index in [9.17, 15) is 18.0 Å². The van der Waals surface area contributed by atoms with Crippen molar-refractivity contribution in [2.75, 3.05) is 6.54 Å². The van der Waals surface area contributed by atoms with Crippen molar-refractivity contribution in [1.29, 1.82) is 0 Å². The summed E-state index contributed by atoms with van der Waals surface area (Å²) in [6.45, 7) is 3.46. The van der Waals surface area contributed by atoms with Crippen LogP contribution >= 0.6 is 11.6 Å². The number of halogens is 1. The molecule has 0 heterocycles. The van der Waals surface area contributed by atoms with E-state index in [2.05, 4.69) is 15.4 Å². The van der Waals surface area contributed by atoms with Crippen LogP contribution in [0.25, 0.3) is 0 Å². The van der Waals surface area contributed by atoms with Crippen LogP contribution in [0.5, 0.6) is 0 Å². The molecule has 150 valence electrons. The molecule has 2 aromatic carbocycles. The fourth-order valence-electron chi connectivity index (χ4n) is 2.34. The maximum atomic E-state index is 12.4. The molecule has 0 saturated heterocycles. The van der Waals surface area contributed by atoms with Gasteiger partial charge in [-0.2, -0.15) is 0 Å². The van der Waals surface area contributed by atoms with Crippen molar-refractivity contribution in [2.45, 2.75) is 31.3 Å². The average molecular weight is 424 g/mol. The van der Waals surface area contributed by atoms with Crippen molar-refractivity contribution >= 4 is 33.4 Å². The topological polar surface area (TPSA) is 104 Å². The first-order valence-electron chi connectivity index (χ1n) is 8.60. The predicted octanol–water partition coefficient (Wildman–Crippen LogP) is 2.07. The summed E-state index contributed by atoms with van der Waals surface area (Å²) in [6, 6.07) is 12.9. The molecule has 0 spiro atoms. The Balaban J connectivity index is 1.99. The van der Waals surface area contributed by atoms with Crippen molar-refractivity contribution in [1.82, 2.24) is 15.4 Å². The Labute approximate surface area is 169 Å². The number of sulfonamides is 1. The van der Waals surface area contributed by atoms with Gasteiger partial charge in [0.1, 0.15) is 0 Å². The molecule has 7 nitrogen and oxygen atoms in total. The van der Waals surface area contributed by atoms with Crippen molar-refractivity contribution in [2.24, 2.45) is 0 Å². The number of hydrogen-bond donors (Lipinski definition) is 3. The van der Waals surface area contributed by atoms with Crippen molar-refractivity contribution in [3.8, 4) is 0 Å². The molecule has 0 saturated carbocycles. The molecule has 0 aliphatic heterocycles. The molecule has 0 aromatic heterocycles. The Hall–Kier alpha value is -2.42. The summed E-state index contributed by atoms with van der Waals surface area (Å²) in [5.41, 5.74) is 0.907. The van der Waals surface area contributed by atoms with Crippen molar-refractivity contribution < 1.29 is 18.0 Å². The molecule has 0 fully saturated rings. The number of carbonyl (C=O) groups excluding carboxylic acids is 2. The molecular weight excluding hydrogens is 402 g/mol. The first-order valence-corrected chi connectivity index (χ1v) is 10.5. The normalized spacial score (nSPS) is 11.3. The third-order valence-electron chi connectivity index (χ3n) is 3.63. The van der Waals surface area contributed by atoms with Crippen LogP contribution in [0.2, 0.25) is 5.02 Å². The first kappa shape index (κ1) is 21.9. The lowest BCUT2D eigenvalue weighted by Crippen LogP contribution is -2.37. The molecule has 0 aliphatic rings. The Morgan fingerprint density at radius 2 is 1.71 bits per heavy atom. The molecule has 3 N–H and O–H groups in total. The van der Waals surface area contributed by atoms with Gasteiger partial charge in [0.2, 0.25) is 15.9 Å². The van der Waals surface area contributed by atoms with E-state index in [1.165, 1.54) is 18.2 Å². The Bertz CT molecular complexity index is 947. The van der Waals surface area contributed by atoms with Gasteiger partial charge in [-0.3, -0.25) is 9.59 Å². The number of rotatable bonds is 8. The summed E-state index contributed by atoms with van der Waals surface area (Å²) in [4.78, 5) is 24.2. The summed E-state index contributed by atoms with van der Waals surface area (Å²) in [5.74, 6) is -1.01. The van der Waals surface area contributed by atoms with Crippen LogP contribution in [0.15, 0.2) is 53.4 Å². The maximum Gasteiger partial charge on any atom is 0.253 e. The standard InChI is InChI=1S/C19H22ClN3O4S/c1-13(2)23-28(26,27)15-8-9-17(20)16(10-15)19(25)22-12-18(24)21-11-14-6-4-3-5-7-14/h3-10,13,23H,11-12H2,1-2H3,(H,21,24)(H,22,25). The lowest BCUT2D eigenvalue weighted by Gasteiger charge is -2.12. The highest BCUT2D eigenvalue weighted by Gasteiger charge is 2.19. The zero-order valence-corrected chi connectivity index (χ0v) is 17.1. The third kappa shape index (κ3) is 6.33. The van der Waals surface area contributed by atoms with Gasteiger partial charge >= 0.3 is 0 Å². The van der Waals surface area contributed by atoms with E-state index >= 15 is 0 Å². The molecular formula is C19H22ClN3O4S. The fraction of sp³-hybridized carbons (Fsp3) is 0.263. The number of hydrogen-bond acceptors (Lipinski definition) is 4. The second-order valence-electron chi connectivity index (χ2n) is 6.36. The van der Waals surface area contributed by atoms with Crippen LogP contribution in [0.1, 0.15) is 29.8 Å². The number of nitrogens with one attached hydrogen (secondary N) is 3. The Morgan fingerprint density at radius 3 is 2.36 bits per heavy atom. The molecule has 2 amide bonds. The van der Waals surface area contributed by atoms with E-state index in [0.717, 1.165) is 5.56 Å². The van der Waals surface area contributed by atoms with Gasteiger partial charge in [0.05, 0.1) is 22.0 Å². The minimum atomic E-state index is -3.77. The zero-order chi connectivity index (χ0) is 20.7. The second kappa shape index (κ2) is 9.68. The van der Waals surface area contributed by atoms with Crippen LogP contribution in [0.3, 0.4) is 0 Å². The largest absolute Gasteiger partial charge is 0.350 e. The summed E-state index contributed by atoms with van der Waals surface area (Å²) < 4.78 is 27.0. The van der Waals surface area contributed by atoms with Gasteiger partial charge in [0, 0.05) is 12.6 Å². The average Bonchev–Trinajstić information content (AvgIpc) is 2.64. The smallest absolute Gasteiger partial charge is 0.253 e. The highest BCUT2D eigenvalue weighted by molar-refractivity contribution is 7.89. The summed E-state index contributed by atoms with van der Waals surface area (Å²) >= 11 is 6.03. The monoisotopic (exact) mass is 423 g/mol. The minimum Gasteiger partial charge on any atom is -0.350 e. The number of benzene rings is 2. The van der Waals surface area contributed by atoms with Gasteiger partial charge in [-0.15, -0.1) is 0 Å². The van der Waals surface area contributed by atoms with Crippen LogP contribution < -0.4 is 15.4 Å². The Morgan fingerprint density at radius 1 is 1.04 bits per heavy atom. The SMILES string of the molecule is CC(C)NS(=O)(=O)c1ccc(Cl)c(C(=O)NCC(=O)NCc2ccccc2)c1. The van der Waals surface area contributed by atoms with Crippen LogP contribution in [0.4, 0.5) is 0 Å². The number of carbonyl (C=O) groups is 2. The molecule has 0 atom stereocenters. The van der Waals surface area contributed by atoms with Gasteiger partial charge in [0.15, 0.2) is 0 Å². The van der Waals surface area contributed by atoms with Gasteiger partial charge in [-0.1, -0.05) is 41.9 Å². The van der Waals surface area contributed by atoms with Gasteiger partial charge < -0.3 is 10.6 Å². The minimum absolute atomic E-state index is 0.0239. The fourth-order valence-corrected chi connectivity index (χ4v) is 3.82. The van der Waals surface area contributed by atoms with Crippen LogP contribution in [0, 0.1) is 0 Å². The van der Waals surface area contributed by atoms with Crippen molar-refractivity contribution in [3.05, 3.63) is 64.7 Å². The van der Waals surface area contributed by atoms with Crippen LogP contribution in [-0.4, -0.2) is 32.8 Å². The van der Waals surface area contributed by atoms with E-state index in [4.69, 9.17) is 11.6 Å². The molecule has 9 heteroatoms. The highest BCUT2D eigenvalue weighted by atomic mass is 35.5. The second-order valence-corrected chi connectivity index (χ2v) is 8.48. The zero-order valence-electron chi connectivity index (χ0n) is 15.5. The number of amides is 2. The van der Waals surface area contributed by atoms with Crippen LogP contribution in [-0.2, 0) is 21.4 Å². The highest BCUT2D eigenvalue weighted by Crippen LogP contribution is 2.20. The van der Waals surface area contributed by atoms with E-state index in [1.807, 2.05) is 30.3 Å². The summed E-state index contributed by atoms with van der Waals surface area (Å²) in [7, 11) is -3.77. The molecule has 2 aromatic rings.